The van der Waals surface area contributed by atoms with Crippen molar-refractivity contribution in [3.63, 3.8) is 0 Å². The average molecular weight is 368 g/mol. The molecule has 7 heteroatoms. The zero-order valence-electron chi connectivity index (χ0n) is 14.8. The van der Waals surface area contributed by atoms with Gasteiger partial charge in [0.1, 0.15) is 11.6 Å². The summed E-state index contributed by atoms with van der Waals surface area (Å²) in [5.74, 6) is 0. The maximum Gasteiger partial charge on any atom is 0.146 e. The lowest BCUT2D eigenvalue weighted by molar-refractivity contribution is 0.0275. The quantitative estimate of drug-likeness (QED) is 0.581. The number of pyridine rings is 2. The molecule has 7 nitrogen and oxygen atoms in total. The van der Waals surface area contributed by atoms with Crippen molar-refractivity contribution in [2.24, 2.45) is 0 Å². The predicted octanol–water partition coefficient (Wildman–Crippen LogP) is 2.47. The highest BCUT2D eigenvalue weighted by molar-refractivity contribution is 5.41. The van der Waals surface area contributed by atoms with Crippen LogP contribution in [0.2, 0.25) is 0 Å². The Hall–Kier alpha value is -3.89. The number of benzene rings is 1. The summed E-state index contributed by atoms with van der Waals surface area (Å²) in [6.45, 7) is 0. The van der Waals surface area contributed by atoms with E-state index in [1.54, 1.807) is 85.7 Å². The molecule has 4 aromatic rings. The monoisotopic (exact) mass is 368 g/mol. The molecule has 0 spiro atoms. The van der Waals surface area contributed by atoms with E-state index in [4.69, 9.17) is 5.26 Å². The van der Waals surface area contributed by atoms with Crippen LogP contribution in [0.15, 0.2) is 85.7 Å². The molecule has 0 radical (unpaired) electrons. The van der Waals surface area contributed by atoms with Gasteiger partial charge in [0.25, 0.3) is 0 Å². The molecule has 1 unspecified atom stereocenters. The molecule has 3 heterocycles. The van der Waals surface area contributed by atoms with Crippen LogP contribution in [0.5, 0.6) is 0 Å². The second-order valence-electron chi connectivity index (χ2n) is 6.24. The summed E-state index contributed by atoms with van der Waals surface area (Å²) in [5.41, 5.74) is 0.882. The lowest BCUT2D eigenvalue weighted by Gasteiger charge is -2.36. The smallest absolute Gasteiger partial charge is 0.146 e. The van der Waals surface area contributed by atoms with Gasteiger partial charge in [-0.1, -0.05) is 24.3 Å². The maximum absolute atomic E-state index is 12.1. The van der Waals surface area contributed by atoms with Gasteiger partial charge in [0.15, 0.2) is 0 Å². The molecule has 0 fully saturated rings. The molecule has 1 atom stereocenters. The Morgan fingerprint density at radius 3 is 1.89 bits per heavy atom. The molecule has 1 N–H and O–H groups in total. The zero-order chi connectivity index (χ0) is 19.4. The molecule has 1 aromatic carbocycles. The van der Waals surface area contributed by atoms with Crippen molar-refractivity contribution >= 4 is 0 Å². The fraction of sp³-hybridized carbons (Fsp3) is 0.0952. The number of hydrogen-bond donors (Lipinski definition) is 1. The third-order valence-corrected chi connectivity index (χ3v) is 4.62. The van der Waals surface area contributed by atoms with Gasteiger partial charge in [0.2, 0.25) is 0 Å². The van der Waals surface area contributed by atoms with Crippen LogP contribution in [0.3, 0.4) is 0 Å². The van der Waals surface area contributed by atoms with Crippen molar-refractivity contribution in [1.82, 2.24) is 25.0 Å². The number of aliphatic hydroxyl groups is 1. The fourth-order valence-electron chi connectivity index (χ4n) is 3.30. The summed E-state index contributed by atoms with van der Waals surface area (Å²) in [5, 5.41) is 29.8. The maximum atomic E-state index is 12.1. The van der Waals surface area contributed by atoms with Gasteiger partial charge in [-0.3, -0.25) is 9.97 Å². The van der Waals surface area contributed by atoms with Crippen molar-refractivity contribution in [2.45, 2.75) is 11.6 Å². The van der Waals surface area contributed by atoms with E-state index in [1.165, 1.54) is 4.80 Å². The Kier molecular flexibility index (Phi) is 4.62. The minimum absolute atomic E-state index is 0.530. The van der Waals surface area contributed by atoms with E-state index >= 15 is 0 Å². The highest BCUT2D eigenvalue weighted by atomic mass is 16.3. The van der Waals surface area contributed by atoms with E-state index in [0.29, 0.717) is 16.7 Å². The predicted molar refractivity (Wildman–Crippen MR) is 101 cm³/mol. The third-order valence-electron chi connectivity index (χ3n) is 4.62. The molecule has 0 aliphatic rings. The Morgan fingerprint density at radius 1 is 0.857 bits per heavy atom. The number of rotatable bonds is 5. The molecule has 0 amide bonds. The zero-order valence-corrected chi connectivity index (χ0v) is 14.8. The normalized spacial score (nSPS) is 12.3. The first kappa shape index (κ1) is 17.5. The van der Waals surface area contributed by atoms with E-state index < -0.39 is 11.6 Å². The van der Waals surface area contributed by atoms with Crippen molar-refractivity contribution in [3.8, 4) is 6.07 Å². The first-order valence-electron chi connectivity index (χ1n) is 8.62. The standard InChI is InChI=1S/C21H16N6O/c22-13-16-5-7-17(8-6-16)20(27-25-11-12-26-27)21(28,18-3-1-9-23-14-18)19-4-2-10-24-15-19/h1-12,14-15,20,28H. The molecule has 0 saturated heterocycles. The van der Waals surface area contributed by atoms with Crippen molar-refractivity contribution in [2.75, 3.05) is 0 Å². The van der Waals surface area contributed by atoms with Crippen molar-refractivity contribution in [3.05, 3.63) is 108 Å². The summed E-state index contributed by atoms with van der Waals surface area (Å²) in [6.07, 6.45) is 9.65. The summed E-state index contributed by atoms with van der Waals surface area (Å²) in [4.78, 5) is 9.83. The molecule has 0 bridgehead atoms. The lowest BCUT2D eigenvalue weighted by atomic mass is 9.78. The molecule has 0 saturated carbocycles. The average Bonchev–Trinajstić information content (AvgIpc) is 3.29. The van der Waals surface area contributed by atoms with E-state index in [2.05, 4.69) is 26.2 Å². The Labute approximate surface area is 161 Å². The van der Waals surface area contributed by atoms with Crippen LogP contribution in [-0.4, -0.2) is 30.1 Å². The highest BCUT2D eigenvalue weighted by Gasteiger charge is 2.44. The molecular formula is C21H16N6O. The summed E-state index contributed by atoms with van der Waals surface area (Å²) < 4.78 is 0. The second kappa shape index (κ2) is 7.39. The fourth-order valence-corrected chi connectivity index (χ4v) is 3.30. The van der Waals surface area contributed by atoms with Crippen molar-refractivity contribution < 1.29 is 5.11 Å². The van der Waals surface area contributed by atoms with Gasteiger partial charge in [-0.05, 0) is 29.8 Å². The van der Waals surface area contributed by atoms with Crippen LogP contribution < -0.4 is 0 Å². The topological polar surface area (TPSA) is 101 Å². The van der Waals surface area contributed by atoms with E-state index in [9.17, 15) is 5.11 Å². The Balaban J connectivity index is 1.98. The van der Waals surface area contributed by atoms with Crippen molar-refractivity contribution in [1.29, 1.82) is 5.26 Å². The molecule has 136 valence electrons. The number of hydrogen-bond acceptors (Lipinski definition) is 6. The van der Waals surface area contributed by atoms with Crippen LogP contribution in [0.4, 0.5) is 0 Å². The van der Waals surface area contributed by atoms with Crippen LogP contribution in [0.1, 0.15) is 28.3 Å². The lowest BCUT2D eigenvalue weighted by Crippen LogP contribution is -2.40. The minimum Gasteiger partial charge on any atom is -0.378 e. The minimum atomic E-state index is -1.55. The first-order chi connectivity index (χ1) is 13.7. The first-order valence-corrected chi connectivity index (χ1v) is 8.62. The third kappa shape index (κ3) is 3.02. The number of aromatic nitrogens is 5. The van der Waals surface area contributed by atoms with Crippen LogP contribution >= 0.6 is 0 Å². The molecule has 0 aliphatic carbocycles. The van der Waals surface area contributed by atoms with Crippen LogP contribution in [0, 0.1) is 11.3 Å². The SMILES string of the molecule is N#Cc1ccc(C(n2nccn2)C(O)(c2cccnc2)c2cccnc2)cc1. The van der Waals surface area contributed by atoms with Gasteiger partial charge in [-0.2, -0.15) is 20.3 Å². The van der Waals surface area contributed by atoms with Gasteiger partial charge in [-0.15, -0.1) is 0 Å². The van der Waals surface area contributed by atoms with Gasteiger partial charge < -0.3 is 5.11 Å². The highest BCUT2D eigenvalue weighted by Crippen LogP contribution is 2.42. The summed E-state index contributed by atoms with van der Waals surface area (Å²) in [6, 6.07) is 15.6. The Morgan fingerprint density at radius 2 is 1.43 bits per heavy atom. The number of nitrogens with zero attached hydrogens (tertiary/aromatic N) is 6. The Bertz CT molecular complexity index is 1030. The van der Waals surface area contributed by atoms with Gasteiger partial charge >= 0.3 is 0 Å². The van der Waals surface area contributed by atoms with Gasteiger partial charge in [-0.25, -0.2) is 0 Å². The van der Waals surface area contributed by atoms with E-state index in [1.807, 2.05) is 0 Å². The van der Waals surface area contributed by atoms with E-state index in [0.717, 1.165) is 5.56 Å². The van der Waals surface area contributed by atoms with Gasteiger partial charge in [0.05, 0.1) is 24.0 Å². The van der Waals surface area contributed by atoms with Crippen LogP contribution in [0.25, 0.3) is 0 Å². The van der Waals surface area contributed by atoms with E-state index in [-0.39, 0.29) is 0 Å². The largest absolute Gasteiger partial charge is 0.378 e. The summed E-state index contributed by atoms with van der Waals surface area (Å²) in [7, 11) is 0. The molecule has 28 heavy (non-hydrogen) atoms. The molecule has 0 aliphatic heterocycles. The summed E-state index contributed by atoms with van der Waals surface area (Å²) >= 11 is 0. The van der Waals surface area contributed by atoms with Crippen LogP contribution in [-0.2, 0) is 5.60 Å². The molecule has 3 aromatic heterocycles. The van der Waals surface area contributed by atoms with Gasteiger partial charge in [0, 0.05) is 35.9 Å². The molecular weight excluding hydrogens is 352 g/mol. The second-order valence-corrected chi connectivity index (χ2v) is 6.24. The molecule has 4 rings (SSSR count). The number of nitriles is 1.